The lowest BCUT2D eigenvalue weighted by atomic mass is 10.3. The van der Waals surface area contributed by atoms with E-state index in [9.17, 15) is 13.2 Å². The number of para-hydroxylation sites is 1. The van der Waals surface area contributed by atoms with E-state index in [1.54, 1.807) is 37.3 Å². The number of carbonyl (C=O) groups excluding carboxylic acids is 1. The highest BCUT2D eigenvalue weighted by Crippen LogP contribution is 2.32. The van der Waals surface area contributed by atoms with Gasteiger partial charge in [0.2, 0.25) is 5.91 Å². The first-order valence-corrected chi connectivity index (χ1v) is 9.44. The van der Waals surface area contributed by atoms with Crippen LogP contribution in [0.3, 0.4) is 0 Å². The molecule has 0 radical (unpaired) electrons. The van der Waals surface area contributed by atoms with Gasteiger partial charge in [-0.15, -0.1) is 0 Å². The van der Waals surface area contributed by atoms with Crippen LogP contribution in [-0.2, 0) is 14.8 Å². The molecule has 0 heterocycles. The highest BCUT2D eigenvalue weighted by Gasteiger charge is 2.28. The third-order valence-corrected chi connectivity index (χ3v) is 5.42. The smallest absolute Gasteiger partial charge is 0.264 e. The van der Waals surface area contributed by atoms with Crippen LogP contribution in [-0.4, -0.2) is 41.6 Å². The van der Waals surface area contributed by atoms with Crippen molar-refractivity contribution in [1.29, 1.82) is 0 Å². The average molecular weight is 378 g/mol. The van der Waals surface area contributed by atoms with Gasteiger partial charge < -0.3 is 14.8 Å². The van der Waals surface area contributed by atoms with Crippen LogP contribution in [0.4, 0.5) is 5.69 Å². The minimum Gasteiger partial charge on any atom is -0.493 e. The van der Waals surface area contributed by atoms with Gasteiger partial charge in [-0.3, -0.25) is 9.10 Å². The molecule has 0 saturated carbocycles. The van der Waals surface area contributed by atoms with Gasteiger partial charge in [0.15, 0.2) is 11.5 Å². The minimum absolute atomic E-state index is 0.00306. The number of anilines is 1. The van der Waals surface area contributed by atoms with E-state index in [0.717, 1.165) is 4.31 Å². The molecular formula is C18H22N2O5S. The zero-order chi connectivity index (χ0) is 19.2. The second kappa shape index (κ2) is 8.57. The molecule has 2 aromatic rings. The third-order valence-electron chi connectivity index (χ3n) is 3.65. The fourth-order valence-corrected chi connectivity index (χ4v) is 3.83. The van der Waals surface area contributed by atoms with Gasteiger partial charge >= 0.3 is 0 Å². The number of rotatable bonds is 8. The van der Waals surface area contributed by atoms with Crippen molar-refractivity contribution in [2.24, 2.45) is 0 Å². The Labute approximate surface area is 153 Å². The van der Waals surface area contributed by atoms with Gasteiger partial charge in [0.05, 0.1) is 24.8 Å². The van der Waals surface area contributed by atoms with Crippen LogP contribution in [0.1, 0.15) is 6.92 Å². The van der Waals surface area contributed by atoms with Crippen LogP contribution in [0.25, 0.3) is 0 Å². The standard InChI is InChI=1S/C18H22N2O5S/c1-4-19-18(21)13-20(14-8-6-5-7-9-14)26(22,23)15-10-11-16(24-2)17(12-15)25-3/h5-12H,4,13H2,1-3H3,(H,19,21). The zero-order valence-corrected chi connectivity index (χ0v) is 15.7. The minimum atomic E-state index is -3.99. The summed E-state index contributed by atoms with van der Waals surface area (Å²) in [6, 6.07) is 12.8. The fourth-order valence-electron chi connectivity index (χ4n) is 2.40. The SMILES string of the molecule is CCNC(=O)CN(c1ccccc1)S(=O)(=O)c1ccc(OC)c(OC)c1. The number of nitrogens with one attached hydrogen (secondary N) is 1. The summed E-state index contributed by atoms with van der Waals surface area (Å²) in [7, 11) is -1.09. The Balaban J connectivity index is 2.50. The zero-order valence-electron chi connectivity index (χ0n) is 14.9. The number of nitrogens with zero attached hydrogens (tertiary/aromatic N) is 1. The van der Waals surface area contributed by atoms with Crippen LogP contribution in [0.2, 0.25) is 0 Å². The molecule has 8 heteroatoms. The number of sulfonamides is 1. The Morgan fingerprint density at radius 1 is 1.04 bits per heavy atom. The Hall–Kier alpha value is -2.74. The highest BCUT2D eigenvalue weighted by atomic mass is 32.2. The van der Waals surface area contributed by atoms with Crippen LogP contribution < -0.4 is 19.1 Å². The molecule has 0 spiro atoms. The van der Waals surface area contributed by atoms with E-state index in [0.29, 0.717) is 23.7 Å². The second-order valence-electron chi connectivity index (χ2n) is 5.32. The average Bonchev–Trinajstić information content (AvgIpc) is 2.66. The van der Waals surface area contributed by atoms with Crippen LogP contribution in [0, 0.1) is 0 Å². The summed E-state index contributed by atoms with van der Waals surface area (Å²) in [4.78, 5) is 12.1. The van der Waals surface area contributed by atoms with E-state index in [4.69, 9.17) is 9.47 Å². The number of methoxy groups -OCH3 is 2. The van der Waals surface area contributed by atoms with Crippen molar-refractivity contribution in [2.45, 2.75) is 11.8 Å². The maximum Gasteiger partial charge on any atom is 0.264 e. The highest BCUT2D eigenvalue weighted by molar-refractivity contribution is 7.92. The van der Waals surface area contributed by atoms with Crippen molar-refractivity contribution in [3.8, 4) is 11.5 Å². The summed E-state index contributed by atoms with van der Waals surface area (Å²) in [5.74, 6) is 0.321. The van der Waals surface area contributed by atoms with Crippen LogP contribution in [0.15, 0.2) is 53.4 Å². The Morgan fingerprint density at radius 3 is 2.27 bits per heavy atom. The maximum absolute atomic E-state index is 13.2. The van der Waals surface area contributed by atoms with E-state index in [1.165, 1.54) is 32.4 Å². The molecule has 0 aliphatic heterocycles. The van der Waals surface area contributed by atoms with E-state index < -0.39 is 10.0 Å². The molecule has 1 amide bonds. The maximum atomic E-state index is 13.2. The largest absolute Gasteiger partial charge is 0.493 e. The molecule has 0 aliphatic rings. The summed E-state index contributed by atoms with van der Waals surface area (Å²) >= 11 is 0. The van der Waals surface area contributed by atoms with Crippen molar-refractivity contribution < 1.29 is 22.7 Å². The predicted molar refractivity (Wildman–Crippen MR) is 99.2 cm³/mol. The predicted octanol–water partition coefficient (Wildman–Crippen LogP) is 2.04. The number of amides is 1. The molecule has 2 aromatic carbocycles. The van der Waals surface area contributed by atoms with Gasteiger partial charge in [0.1, 0.15) is 6.54 Å². The molecule has 1 N–H and O–H groups in total. The first-order valence-electron chi connectivity index (χ1n) is 8.00. The van der Waals surface area contributed by atoms with Crippen molar-refractivity contribution in [1.82, 2.24) is 5.32 Å². The molecule has 0 saturated heterocycles. The summed E-state index contributed by atoms with van der Waals surface area (Å²) in [6.45, 7) is 1.86. The molecule has 0 fully saturated rings. The van der Waals surface area contributed by atoms with Gasteiger partial charge in [0, 0.05) is 12.6 Å². The van der Waals surface area contributed by atoms with E-state index in [1.807, 2.05) is 0 Å². The van der Waals surface area contributed by atoms with Gasteiger partial charge in [0.25, 0.3) is 10.0 Å². The lowest BCUT2D eigenvalue weighted by Crippen LogP contribution is -2.40. The van der Waals surface area contributed by atoms with Gasteiger partial charge in [-0.1, -0.05) is 18.2 Å². The first kappa shape index (κ1) is 19.6. The third kappa shape index (κ3) is 4.26. The lowest BCUT2D eigenvalue weighted by Gasteiger charge is -2.24. The second-order valence-corrected chi connectivity index (χ2v) is 7.18. The summed E-state index contributed by atoms with van der Waals surface area (Å²) < 4.78 is 37.8. The number of likely N-dealkylation sites (N-methyl/N-ethyl adjacent to an activating group) is 1. The van der Waals surface area contributed by atoms with E-state index in [-0.39, 0.29) is 17.3 Å². The number of benzene rings is 2. The lowest BCUT2D eigenvalue weighted by molar-refractivity contribution is -0.119. The molecule has 0 unspecified atom stereocenters. The van der Waals surface area contributed by atoms with Crippen molar-refractivity contribution in [3.63, 3.8) is 0 Å². The van der Waals surface area contributed by atoms with Gasteiger partial charge in [-0.05, 0) is 31.2 Å². The summed E-state index contributed by atoms with van der Waals surface area (Å²) in [5.41, 5.74) is 0.397. The first-order chi connectivity index (χ1) is 12.4. The van der Waals surface area contributed by atoms with Crippen LogP contribution in [0.5, 0.6) is 11.5 Å². The summed E-state index contributed by atoms with van der Waals surface area (Å²) in [5, 5.41) is 2.62. The molecule has 7 nitrogen and oxygen atoms in total. The van der Waals surface area contributed by atoms with E-state index in [2.05, 4.69) is 5.32 Å². The Morgan fingerprint density at radius 2 is 1.69 bits per heavy atom. The van der Waals surface area contributed by atoms with Gasteiger partial charge in [-0.25, -0.2) is 8.42 Å². The number of ether oxygens (including phenoxy) is 2. The molecule has 140 valence electrons. The molecule has 0 atom stereocenters. The summed E-state index contributed by atoms with van der Waals surface area (Å²) in [6.07, 6.45) is 0. The monoisotopic (exact) mass is 378 g/mol. The molecule has 0 aliphatic carbocycles. The van der Waals surface area contributed by atoms with Crippen molar-refractivity contribution >= 4 is 21.6 Å². The number of hydrogen-bond acceptors (Lipinski definition) is 5. The molecule has 0 bridgehead atoms. The van der Waals surface area contributed by atoms with Crippen molar-refractivity contribution in [2.75, 3.05) is 31.6 Å². The quantitative estimate of drug-likeness (QED) is 0.760. The topological polar surface area (TPSA) is 84.9 Å². The molecular weight excluding hydrogens is 356 g/mol. The number of hydrogen-bond donors (Lipinski definition) is 1. The Kier molecular flexibility index (Phi) is 6.46. The number of carbonyl (C=O) groups is 1. The molecule has 0 aromatic heterocycles. The van der Waals surface area contributed by atoms with Crippen molar-refractivity contribution in [3.05, 3.63) is 48.5 Å². The molecule has 26 heavy (non-hydrogen) atoms. The molecule has 2 rings (SSSR count). The van der Waals surface area contributed by atoms with Gasteiger partial charge in [-0.2, -0.15) is 0 Å². The normalized spacial score (nSPS) is 10.9. The van der Waals surface area contributed by atoms with E-state index >= 15 is 0 Å². The Bertz CT molecular complexity index is 853. The van der Waals surface area contributed by atoms with Crippen LogP contribution >= 0.6 is 0 Å². The fraction of sp³-hybridized carbons (Fsp3) is 0.278.